The van der Waals surface area contributed by atoms with Gasteiger partial charge in [0, 0.05) is 55.4 Å². The summed E-state index contributed by atoms with van der Waals surface area (Å²) in [6, 6.07) is 9.33. The highest BCUT2D eigenvalue weighted by Crippen LogP contribution is 2.35. The molecule has 218 valence electrons. The number of hydrogen-bond acceptors (Lipinski definition) is 6. The normalized spacial score (nSPS) is 16.2. The fraction of sp³-hybridized carbons (Fsp3) is 0.379. The molecule has 3 aromatic rings. The molecule has 2 amide bonds. The first-order valence-electron chi connectivity index (χ1n) is 13.4. The number of ether oxygens (including phenoxy) is 2. The molecule has 1 aliphatic heterocycles. The van der Waals surface area contributed by atoms with Gasteiger partial charge >= 0.3 is 12.2 Å². The third-order valence-electron chi connectivity index (χ3n) is 6.88. The number of aromatic nitrogens is 1. The van der Waals surface area contributed by atoms with Crippen molar-refractivity contribution < 1.29 is 31.8 Å². The van der Waals surface area contributed by atoms with E-state index >= 15 is 0 Å². The Bertz CT molecular complexity index is 1370. The molecular weight excluding hydrogens is 542 g/mol. The molecule has 1 aliphatic carbocycles. The van der Waals surface area contributed by atoms with E-state index in [0.717, 1.165) is 37.8 Å². The van der Waals surface area contributed by atoms with E-state index in [1.54, 1.807) is 18.3 Å². The second-order valence-corrected chi connectivity index (χ2v) is 10.4. The van der Waals surface area contributed by atoms with Crippen molar-refractivity contribution in [1.29, 1.82) is 0 Å². The number of piperidine rings is 1. The third-order valence-corrected chi connectivity index (χ3v) is 6.88. The average Bonchev–Trinajstić information content (AvgIpc) is 3.75. The van der Waals surface area contributed by atoms with Gasteiger partial charge in [0.2, 0.25) is 0 Å². The van der Waals surface area contributed by atoms with Crippen molar-refractivity contribution in [1.82, 2.24) is 9.88 Å². The number of likely N-dealkylation sites (tertiary alicyclic amines) is 1. The number of hydrogen-bond donors (Lipinski definition) is 3. The zero-order valence-corrected chi connectivity index (χ0v) is 22.4. The van der Waals surface area contributed by atoms with Crippen LogP contribution in [0.15, 0.2) is 54.7 Å². The van der Waals surface area contributed by atoms with Crippen LogP contribution in [0, 0.1) is 11.7 Å². The highest BCUT2D eigenvalue weighted by atomic mass is 19.4. The minimum atomic E-state index is -4.64. The van der Waals surface area contributed by atoms with E-state index in [9.17, 15) is 22.4 Å². The maximum absolute atomic E-state index is 14.8. The smallest absolute Gasteiger partial charge is 0.416 e. The fourth-order valence-electron chi connectivity index (χ4n) is 4.42. The second-order valence-electron chi connectivity index (χ2n) is 10.4. The number of rotatable bonds is 9. The molecule has 0 bridgehead atoms. The lowest BCUT2D eigenvalue weighted by Gasteiger charge is -2.29. The molecule has 1 aromatic heterocycles. The molecular formula is C29H31F4N5O3. The van der Waals surface area contributed by atoms with Crippen molar-refractivity contribution in [2.75, 3.05) is 42.6 Å². The molecule has 2 aliphatic rings. The van der Waals surface area contributed by atoms with Crippen LogP contribution in [0.1, 0.15) is 31.2 Å². The van der Waals surface area contributed by atoms with Gasteiger partial charge in [-0.15, -0.1) is 0 Å². The number of carbonyl (C=O) groups excluding carboxylic acids is 1. The van der Waals surface area contributed by atoms with Crippen LogP contribution in [0.3, 0.4) is 0 Å². The first-order valence-corrected chi connectivity index (χ1v) is 13.4. The van der Waals surface area contributed by atoms with Gasteiger partial charge in [0.05, 0.1) is 5.56 Å². The molecule has 41 heavy (non-hydrogen) atoms. The molecule has 2 heterocycles. The summed E-state index contributed by atoms with van der Waals surface area (Å²) in [7, 11) is 1.97. The van der Waals surface area contributed by atoms with E-state index in [0.29, 0.717) is 30.3 Å². The van der Waals surface area contributed by atoms with E-state index in [2.05, 4.69) is 25.8 Å². The third kappa shape index (κ3) is 8.23. The maximum atomic E-state index is 14.8. The Morgan fingerprint density at radius 1 is 0.976 bits per heavy atom. The standard InChI is InChI=1S/C29H31F4N5O3/c1-38-10-7-22(8-11-38)40-24-13-19(29(31,32)33)12-21(14-24)37-28(39)36-20-4-5-26(25(30)15-20)41-23-6-9-34-27(16-23)35-17-18-2-3-18/h4-6,9,12-16,18,22H,2-3,7-8,10-11,17H2,1H3,(H,34,35)(H2,36,37,39). The zero-order valence-electron chi connectivity index (χ0n) is 22.4. The van der Waals surface area contributed by atoms with Crippen molar-refractivity contribution in [3.05, 3.63) is 66.1 Å². The van der Waals surface area contributed by atoms with Crippen LogP contribution in [0.4, 0.5) is 39.5 Å². The topological polar surface area (TPSA) is 87.8 Å². The summed E-state index contributed by atoms with van der Waals surface area (Å²) >= 11 is 0. The predicted octanol–water partition coefficient (Wildman–Crippen LogP) is 6.97. The summed E-state index contributed by atoms with van der Waals surface area (Å²) in [4.78, 5) is 18.9. The number of carbonyl (C=O) groups is 1. The van der Waals surface area contributed by atoms with Crippen LogP contribution in [0.25, 0.3) is 0 Å². The van der Waals surface area contributed by atoms with Crippen molar-refractivity contribution >= 4 is 23.2 Å². The molecule has 2 aromatic carbocycles. The number of nitrogens with one attached hydrogen (secondary N) is 3. The number of nitrogens with zero attached hydrogens (tertiary/aromatic N) is 2. The first kappa shape index (κ1) is 28.5. The van der Waals surface area contributed by atoms with E-state index in [1.807, 2.05) is 7.05 Å². The number of anilines is 3. The highest BCUT2D eigenvalue weighted by Gasteiger charge is 2.32. The number of alkyl halides is 3. The van der Waals surface area contributed by atoms with Gasteiger partial charge in [-0.05, 0) is 69.0 Å². The first-order chi connectivity index (χ1) is 19.6. The van der Waals surface area contributed by atoms with Gasteiger partial charge in [0.15, 0.2) is 11.6 Å². The lowest BCUT2D eigenvalue weighted by Crippen LogP contribution is -2.35. The summed E-state index contributed by atoms with van der Waals surface area (Å²) in [5, 5.41) is 8.05. The van der Waals surface area contributed by atoms with Crippen molar-refractivity contribution in [3.63, 3.8) is 0 Å². The van der Waals surface area contributed by atoms with Crippen LogP contribution in [0.2, 0.25) is 0 Å². The van der Waals surface area contributed by atoms with Gasteiger partial charge in [0.1, 0.15) is 23.4 Å². The molecule has 1 saturated carbocycles. The van der Waals surface area contributed by atoms with Crippen molar-refractivity contribution in [3.8, 4) is 17.2 Å². The molecule has 3 N–H and O–H groups in total. The van der Waals surface area contributed by atoms with E-state index in [-0.39, 0.29) is 29.0 Å². The minimum Gasteiger partial charge on any atom is -0.490 e. The Kier molecular flexibility index (Phi) is 8.48. The monoisotopic (exact) mass is 573 g/mol. The van der Waals surface area contributed by atoms with E-state index < -0.39 is 23.6 Å². The fourth-order valence-corrected chi connectivity index (χ4v) is 4.42. The Morgan fingerprint density at radius 2 is 1.73 bits per heavy atom. The molecule has 0 atom stereocenters. The average molecular weight is 574 g/mol. The summed E-state index contributed by atoms with van der Waals surface area (Å²) in [6.07, 6.45) is 0.447. The molecule has 2 fully saturated rings. The summed E-state index contributed by atoms with van der Waals surface area (Å²) in [5.41, 5.74) is -0.971. The number of amides is 2. The molecule has 1 saturated heterocycles. The summed E-state index contributed by atoms with van der Waals surface area (Å²) in [5.74, 6) is 0.880. The van der Waals surface area contributed by atoms with Crippen LogP contribution in [0.5, 0.6) is 17.2 Å². The molecule has 12 heteroatoms. The SMILES string of the molecule is CN1CCC(Oc2cc(NC(=O)Nc3ccc(Oc4ccnc(NCC5CC5)c4)c(F)c3)cc(C(F)(F)F)c2)CC1. The van der Waals surface area contributed by atoms with Gasteiger partial charge in [-0.25, -0.2) is 14.2 Å². The van der Waals surface area contributed by atoms with Gasteiger partial charge in [-0.2, -0.15) is 13.2 Å². The maximum Gasteiger partial charge on any atom is 0.416 e. The Hall–Kier alpha value is -4.06. The predicted molar refractivity (Wildman–Crippen MR) is 147 cm³/mol. The Labute approximate surface area is 235 Å². The summed E-state index contributed by atoms with van der Waals surface area (Å²) in [6.45, 7) is 2.37. The van der Waals surface area contributed by atoms with Crippen LogP contribution in [-0.4, -0.2) is 48.7 Å². The van der Waals surface area contributed by atoms with Gasteiger partial charge < -0.3 is 30.3 Å². The molecule has 8 nitrogen and oxygen atoms in total. The van der Waals surface area contributed by atoms with Gasteiger partial charge in [0.25, 0.3) is 0 Å². The van der Waals surface area contributed by atoms with Crippen molar-refractivity contribution in [2.24, 2.45) is 5.92 Å². The zero-order chi connectivity index (χ0) is 29.0. The number of benzene rings is 2. The lowest BCUT2D eigenvalue weighted by molar-refractivity contribution is -0.137. The van der Waals surface area contributed by atoms with Crippen LogP contribution >= 0.6 is 0 Å². The van der Waals surface area contributed by atoms with Gasteiger partial charge in [-0.1, -0.05) is 0 Å². The summed E-state index contributed by atoms with van der Waals surface area (Å²) < 4.78 is 66.9. The number of pyridine rings is 1. The Balaban J connectivity index is 1.22. The number of halogens is 4. The number of urea groups is 1. The Morgan fingerprint density at radius 3 is 2.44 bits per heavy atom. The van der Waals surface area contributed by atoms with E-state index in [1.165, 1.54) is 31.0 Å². The molecule has 5 rings (SSSR count). The molecule has 0 spiro atoms. The van der Waals surface area contributed by atoms with Gasteiger partial charge in [-0.3, -0.25) is 0 Å². The highest BCUT2D eigenvalue weighted by molar-refractivity contribution is 6.00. The van der Waals surface area contributed by atoms with Crippen LogP contribution < -0.4 is 25.4 Å². The second kappa shape index (κ2) is 12.2. The molecule has 0 radical (unpaired) electrons. The largest absolute Gasteiger partial charge is 0.490 e. The minimum absolute atomic E-state index is 0.0132. The lowest BCUT2D eigenvalue weighted by atomic mass is 10.1. The molecule has 0 unspecified atom stereocenters. The quantitative estimate of drug-likeness (QED) is 0.240. The van der Waals surface area contributed by atoms with Crippen molar-refractivity contribution in [2.45, 2.75) is 38.0 Å². The van der Waals surface area contributed by atoms with Crippen LogP contribution in [-0.2, 0) is 6.18 Å². The van der Waals surface area contributed by atoms with E-state index in [4.69, 9.17) is 9.47 Å².